The number of pyridine rings is 1. The highest BCUT2D eigenvalue weighted by atomic mass is 32.1. The Labute approximate surface area is 140 Å². The van der Waals surface area contributed by atoms with Crippen molar-refractivity contribution < 1.29 is 13.6 Å². The molecule has 3 rings (SSSR count). The summed E-state index contributed by atoms with van der Waals surface area (Å²) in [7, 11) is 0. The van der Waals surface area contributed by atoms with Gasteiger partial charge >= 0.3 is 0 Å². The summed E-state index contributed by atoms with van der Waals surface area (Å²) in [6.07, 6.45) is 3.27. The smallest absolute Gasteiger partial charge is 0.271 e. The number of carbonyl (C=O) groups is 1. The minimum absolute atomic E-state index is 0.170. The number of rotatable bonds is 5. The van der Waals surface area contributed by atoms with Gasteiger partial charge in [0.25, 0.3) is 5.91 Å². The lowest BCUT2D eigenvalue weighted by molar-refractivity contribution is 0.0946. The zero-order chi connectivity index (χ0) is 16.9. The average Bonchev–Trinajstić information content (AvgIpc) is 3.04. The first-order chi connectivity index (χ1) is 11.6. The number of benzene rings is 1. The fourth-order valence-corrected chi connectivity index (χ4v) is 2.67. The van der Waals surface area contributed by atoms with Crippen molar-refractivity contribution in [2.75, 3.05) is 5.32 Å². The zero-order valence-electron chi connectivity index (χ0n) is 12.3. The highest BCUT2D eigenvalue weighted by Crippen LogP contribution is 2.20. The number of anilines is 2. The van der Waals surface area contributed by atoms with Crippen LogP contribution in [0.2, 0.25) is 0 Å². The van der Waals surface area contributed by atoms with Crippen LogP contribution in [0.5, 0.6) is 0 Å². The number of carbonyl (C=O) groups excluding carboxylic acids is 1. The second-order valence-electron chi connectivity index (χ2n) is 4.79. The van der Waals surface area contributed by atoms with E-state index < -0.39 is 17.5 Å². The molecule has 0 saturated carbocycles. The van der Waals surface area contributed by atoms with Gasteiger partial charge in [-0.25, -0.2) is 13.8 Å². The minimum atomic E-state index is -0.701. The van der Waals surface area contributed by atoms with Crippen molar-refractivity contribution in [2.24, 2.45) is 0 Å². The van der Waals surface area contributed by atoms with E-state index in [-0.39, 0.29) is 17.8 Å². The van der Waals surface area contributed by atoms with Crippen LogP contribution in [-0.2, 0) is 6.54 Å². The third kappa shape index (κ3) is 3.72. The first-order valence-corrected chi connectivity index (χ1v) is 7.85. The second-order valence-corrected chi connectivity index (χ2v) is 5.65. The molecule has 122 valence electrons. The molecule has 2 heterocycles. The fourth-order valence-electron chi connectivity index (χ4n) is 1.96. The van der Waals surface area contributed by atoms with Gasteiger partial charge in [0.1, 0.15) is 17.3 Å². The number of nitrogens with one attached hydrogen (secondary N) is 2. The van der Waals surface area contributed by atoms with Gasteiger partial charge in [-0.1, -0.05) is 6.07 Å². The number of aromatic nitrogens is 2. The van der Waals surface area contributed by atoms with E-state index in [0.717, 1.165) is 17.8 Å². The molecule has 0 saturated heterocycles. The number of amides is 1. The zero-order valence-corrected chi connectivity index (χ0v) is 13.1. The van der Waals surface area contributed by atoms with Gasteiger partial charge in [-0.05, 0) is 24.3 Å². The van der Waals surface area contributed by atoms with Crippen LogP contribution >= 0.6 is 11.3 Å². The van der Waals surface area contributed by atoms with Crippen molar-refractivity contribution in [3.63, 3.8) is 0 Å². The van der Waals surface area contributed by atoms with E-state index in [9.17, 15) is 13.6 Å². The van der Waals surface area contributed by atoms with E-state index in [0.29, 0.717) is 5.13 Å². The van der Waals surface area contributed by atoms with Crippen LogP contribution < -0.4 is 10.6 Å². The Bertz CT molecular complexity index is 834. The van der Waals surface area contributed by atoms with Crippen molar-refractivity contribution in [1.29, 1.82) is 0 Å². The highest BCUT2D eigenvalue weighted by molar-refractivity contribution is 7.14. The van der Waals surface area contributed by atoms with Crippen LogP contribution in [0.25, 0.3) is 0 Å². The Morgan fingerprint density at radius 3 is 2.67 bits per heavy atom. The van der Waals surface area contributed by atoms with Crippen LogP contribution in [0.1, 0.15) is 16.1 Å². The molecule has 0 bridgehead atoms. The molecule has 2 N–H and O–H groups in total. The molecule has 24 heavy (non-hydrogen) atoms. The largest absolute Gasteiger partial charge is 0.346 e. The summed E-state index contributed by atoms with van der Waals surface area (Å²) in [5.41, 5.74) is 0.727. The SMILES string of the molecule is O=C(NCc1c(F)cccc1F)c1csc(Nc2cccnc2)n1. The number of nitrogens with zero attached hydrogens (tertiary/aromatic N) is 2. The molecule has 8 heteroatoms. The normalized spacial score (nSPS) is 10.4. The highest BCUT2D eigenvalue weighted by Gasteiger charge is 2.13. The predicted molar refractivity (Wildman–Crippen MR) is 87.2 cm³/mol. The molecule has 0 unspecified atom stereocenters. The van der Waals surface area contributed by atoms with Gasteiger partial charge in [0.05, 0.1) is 11.9 Å². The lowest BCUT2D eigenvalue weighted by Crippen LogP contribution is -2.24. The van der Waals surface area contributed by atoms with Gasteiger partial charge in [0, 0.05) is 23.7 Å². The van der Waals surface area contributed by atoms with E-state index in [1.165, 1.54) is 17.4 Å². The quantitative estimate of drug-likeness (QED) is 0.742. The van der Waals surface area contributed by atoms with Crippen LogP contribution in [-0.4, -0.2) is 15.9 Å². The molecule has 5 nitrogen and oxygen atoms in total. The maximum absolute atomic E-state index is 13.5. The first kappa shape index (κ1) is 16.0. The lowest BCUT2D eigenvalue weighted by atomic mass is 10.2. The van der Waals surface area contributed by atoms with Gasteiger partial charge < -0.3 is 10.6 Å². The molecule has 3 aromatic rings. The molecular weight excluding hydrogens is 334 g/mol. The Morgan fingerprint density at radius 2 is 1.96 bits per heavy atom. The van der Waals surface area contributed by atoms with E-state index in [1.54, 1.807) is 23.8 Å². The van der Waals surface area contributed by atoms with Crippen molar-refractivity contribution in [3.05, 3.63) is 71.0 Å². The summed E-state index contributed by atoms with van der Waals surface area (Å²) in [5.74, 6) is -1.91. The summed E-state index contributed by atoms with van der Waals surface area (Å²) in [4.78, 5) is 20.2. The van der Waals surface area contributed by atoms with Crippen molar-refractivity contribution in [3.8, 4) is 0 Å². The summed E-state index contributed by atoms with van der Waals surface area (Å²) in [5, 5.41) is 7.56. The summed E-state index contributed by atoms with van der Waals surface area (Å²) in [6, 6.07) is 7.14. The Morgan fingerprint density at radius 1 is 1.17 bits per heavy atom. The summed E-state index contributed by atoms with van der Waals surface area (Å²) in [6.45, 7) is -0.250. The summed E-state index contributed by atoms with van der Waals surface area (Å²) >= 11 is 1.24. The predicted octanol–water partition coefficient (Wildman–Crippen LogP) is 3.49. The fraction of sp³-hybridized carbons (Fsp3) is 0.0625. The van der Waals surface area contributed by atoms with E-state index in [2.05, 4.69) is 20.6 Å². The van der Waals surface area contributed by atoms with Crippen molar-refractivity contribution in [1.82, 2.24) is 15.3 Å². The maximum atomic E-state index is 13.5. The number of hydrogen-bond donors (Lipinski definition) is 2. The Hall–Kier alpha value is -2.87. The van der Waals surface area contributed by atoms with Crippen LogP contribution in [0.15, 0.2) is 48.1 Å². The molecule has 0 aliphatic carbocycles. The van der Waals surface area contributed by atoms with Crippen LogP contribution in [0.3, 0.4) is 0 Å². The maximum Gasteiger partial charge on any atom is 0.271 e. The average molecular weight is 346 g/mol. The molecule has 0 aliphatic rings. The van der Waals surface area contributed by atoms with Gasteiger partial charge in [0.15, 0.2) is 5.13 Å². The number of hydrogen-bond acceptors (Lipinski definition) is 5. The third-order valence-corrected chi connectivity index (χ3v) is 3.89. The van der Waals surface area contributed by atoms with Crippen LogP contribution in [0.4, 0.5) is 19.6 Å². The molecule has 2 aromatic heterocycles. The Kier molecular flexibility index (Phi) is 4.76. The van der Waals surface area contributed by atoms with Gasteiger partial charge in [-0.2, -0.15) is 0 Å². The van der Waals surface area contributed by atoms with Crippen LogP contribution in [0, 0.1) is 11.6 Å². The lowest BCUT2D eigenvalue weighted by Gasteiger charge is -2.06. The first-order valence-electron chi connectivity index (χ1n) is 6.97. The third-order valence-electron chi connectivity index (χ3n) is 3.14. The number of thiazole rings is 1. The van der Waals surface area contributed by atoms with Crippen molar-refractivity contribution in [2.45, 2.75) is 6.54 Å². The van der Waals surface area contributed by atoms with E-state index in [4.69, 9.17) is 0 Å². The molecule has 1 aromatic carbocycles. The van der Waals surface area contributed by atoms with E-state index in [1.807, 2.05) is 6.07 Å². The standard InChI is InChI=1S/C16H12F2N4OS/c17-12-4-1-5-13(18)11(12)8-20-15(23)14-9-24-16(22-14)21-10-3-2-6-19-7-10/h1-7,9H,8H2,(H,20,23)(H,21,22). The van der Waals surface area contributed by atoms with Gasteiger partial charge in [-0.15, -0.1) is 11.3 Å². The molecule has 0 fully saturated rings. The minimum Gasteiger partial charge on any atom is -0.346 e. The Balaban J connectivity index is 1.64. The summed E-state index contributed by atoms with van der Waals surface area (Å²) < 4.78 is 27.1. The van der Waals surface area contributed by atoms with Crippen molar-refractivity contribution >= 4 is 28.1 Å². The van der Waals surface area contributed by atoms with Gasteiger partial charge in [0.2, 0.25) is 0 Å². The van der Waals surface area contributed by atoms with Gasteiger partial charge in [-0.3, -0.25) is 9.78 Å². The molecular formula is C16H12F2N4OS. The topological polar surface area (TPSA) is 66.9 Å². The monoisotopic (exact) mass is 346 g/mol. The molecule has 0 radical (unpaired) electrons. The second kappa shape index (κ2) is 7.14. The van der Waals surface area contributed by atoms with E-state index >= 15 is 0 Å². The molecule has 0 spiro atoms. The number of halogens is 2. The molecule has 0 atom stereocenters. The molecule has 0 aliphatic heterocycles. The molecule has 1 amide bonds.